The molecule has 0 unspecified atom stereocenters. The normalized spacial score (nSPS) is 11.4. The van der Waals surface area contributed by atoms with Crippen LogP contribution in [0.2, 0.25) is 5.02 Å². The first-order valence-corrected chi connectivity index (χ1v) is 6.88. The first-order chi connectivity index (χ1) is 7.97. The molecule has 1 heterocycles. The Labute approximate surface area is 105 Å². The Morgan fingerprint density at radius 3 is 2.71 bits per heavy atom. The number of rotatable bonds is 7. The Morgan fingerprint density at radius 1 is 1.29 bits per heavy atom. The number of primary sulfonamides is 1. The Balaban J connectivity index is 2.13. The highest BCUT2D eigenvalue weighted by atomic mass is 35.5. The molecular formula is C9H13ClN2O4S. The van der Waals surface area contributed by atoms with Crippen LogP contribution in [0.25, 0.3) is 0 Å². The average molecular weight is 281 g/mol. The van der Waals surface area contributed by atoms with Crippen molar-refractivity contribution in [3.05, 3.63) is 23.5 Å². The predicted molar refractivity (Wildman–Crippen MR) is 63.5 cm³/mol. The van der Waals surface area contributed by atoms with Crippen LogP contribution >= 0.6 is 11.6 Å². The van der Waals surface area contributed by atoms with Gasteiger partial charge in [0.15, 0.2) is 0 Å². The second kappa shape index (κ2) is 6.75. The lowest BCUT2D eigenvalue weighted by Crippen LogP contribution is -2.21. The van der Waals surface area contributed by atoms with E-state index in [4.69, 9.17) is 26.2 Å². The van der Waals surface area contributed by atoms with Crippen molar-refractivity contribution < 1.29 is 17.9 Å². The number of sulfonamides is 1. The Kier molecular flexibility index (Phi) is 5.63. The number of aromatic nitrogens is 1. The van der Waals surface area contributed by atoms with Crippen molar-refractivity contribution in [1.29, 1.82) is 0 Å². The summed E-state index contributed by atoms with van der Waals surface area (Å²) >= 11 is 5.70. The summed E-state index contributed by atoms with van der Waals surface area (Å²) in [5.41, 5.74) is 0. The highest BCUT2D eigenvalue weighted by Gasteiger charge is 2.01. The molecular weight excluding hydrogens is 268 g/mol. The van der Waals surface area contributed by atoms with Crippen LogP contribution in [-0.4, -0.2) is 39.0 Å². The lowest BCUT2D eigenvalue weighted by molar-refractivity contribution is 0.111. The third-order valence-corrected chi connectivity index (χ3v) is 2.63. The molecule has 0 saturated carbocycles. The minimum absolute atomic E-state index is 0.0516. The zero-order valence-electron chi connectivity index (χ0n) is 9.00. The van der Waals surface area contributed by atoms with Gasteiger partial charge in [-0.25, -0.2) is 13.6 Å². The van der Waals surface area contributed by atoms with Crippen LogP contribution < -0.4 is 9.88 Å². The maximum Gasteiger partial charge on any atom is 0.211 e. The van der Waals surface area contributed by atoms with Gasteiger partial charge >= 0.3 is 0 Å². The highest BCUT2D eigenvalue weighted by molar-refractivity contribution is 7.89. The van der Waals surface area contributed by atoms with Gasteiger partial charge in [0.1, 0.15) is 12.4 Å². The smallest absolute Gasteiger partial charge is 0.211 e. The second-order valence-corrected chi connectivity index (χ2v) is 5.34. The molecule has 1 aromatic heterocycles. The van der Waals surface area contributed by atoms with E-state index in [-0.39, 0.29) is 25.6 Å². The van der Waals surface area contributed by atoms with E-state index in [1.807, 2.05) is 0 Å². The molecule has 0 atom stereocenters. The van der Waals surface area contributed by atoms with Gasteiger partial charge in [-0.1, -0.05) is 11.6 Å². The third kappa shape index (κ3) is 7.11. The molecule has 2 N–H and O–H groups in total. The quantitative estimate of drug-likeness (QED) is 0.731. The fourth-order valence-corrected chi connectivity index (χ4v) is 1.48. The maximum atomic E-state index is 10.6. The molecule has 96 valence electrons. The molecule has 17 heavy (non-hydrogen) atoms. The second-order valence-electron chi connectivity index (χ2n) is 3.17. The minimum Gasteiger partial charge on any atom is -0.490 e. The van der Waals surface area contributed by atoms with Crippen LogP contribution in [0.3, 0.4) is 0 Å². The first-order valence-electron chi connectivity index (χ1n) is 4.79. The van der Waals surface area contributed by atoms with E-state index in [1.54, 1.807) is 6.07 Å². The van der Waals surface area contributed by atoms with Gasteiger partial charge in [-0.05, 0) is 0 Å². The fourth-order valence-electron chi connectivity index (χ4n) is 0.967. The molecule has 1 rings (SSSR count). The zero-order chi connectivity index (χ0) is 12.7. The summed E-state index contributed by atoms with van der Waals surface area (Å²) in [6, 6.07) is 1.62. The Morgan fingerprint density at radius 2 is 2.06 bits per heavy atom. The Hall–Kier alpha value is -0.890. The van der Waals surface area contributed by atoms with Crippen molar-refractivity contribution in [2.75, 3.05) is 25.6 Å². The predicted octanol–water partition coefficient (Wildman–Crippen LogP) is 0.419. The Bertz CT molecular complexity index is 452. The van der Waals surface area contributed by atoms with Crippen molar-refractivity contribution >= 4 is 21.6 Å². The molecule has 0 aliphatic rings. The summed E-state index contributed by atoms with van der Waals surface area (Å²) in [6.45, 7) is 0.602. The zero-order valence-corrected chi connectivity index (χ0v) is 10.6. The molecule has 0 bridgehead atoms. The third-order valence-electron chi connectivity index (χ3n) is 1.69. The standard InChI is InChI=1S/C9H13ClN2O4S/c10-8-5-9(7-12-6-8)16-2-1-15-3-4-17(11,13)14/h5-7H,1-4H2,(H2,11,13,14). The van der Waals surface area contributed by atoms with Crippen molar-refractivity contribution in [3.8, 4) is 5.75 Å². The number of pyridine rings is 1. The van der Waals surface area contributed by atoms with Crippen LogP contribution in [0.4, 0.5) is 0 Å². The van der Waals surface area contributed by atoms with Gasteiger partial charge in [0.2, 0.25) is 10.0 Å². The van der Waals surface area contributed by atoms with E-state index in [9.17, 15) is 8.42 Å². The molecule has 0 aliphatic heterocycles. The van der Waals surface area contributed by atoms with E-state index in [2.05, 4.69) is 4.98 Å². The summed E-state index contributed by atoms with van der Waals surface area (Å²) in [4.78, 5) is 3.84. The topological polar surface area (TPSA) is 91.5 Å². The average Bonchev–Trinajstić information content (AvgIpc) is 2.22. The number of nitrogens with zero attached hydrogens (tertiary/aromatic N) is 1. The van der Waals surface area contributed by atoms with Crippen molar-refractivity contribution in [2.45, 2.75) is 0 Å². The van der Waals surface area contributed by atoms with Crippen LogP contribution in [0.5, 0.6) is 5.75 Å². The van der Waals surface area contributed by atoms with Crippen LogP contribution in [-0.2, 0) is 14.8 Å². The van der Waals surface area contributed by atoms with E-state index in [0.29, 0.717) is 10.8 Å². The van der Waals surface area contributed by atoms with Gasteiger partial charge in [-0.2, -0.15) is 0 Å². The molecule has 0 amide bonds. The summed E-state index contributed by atoms with van der Waals surface area (Å²) in [7, 11) is -3.46. The van der Waals surface area contributed by atoms with Crippen molar-refractivity contribution in [2.24, 2.45) is 5.14 Å². The molecule has 1 aromatic rings. The molecule has 0 saturated heterocycles. The van der Waals surface area contributed by atoms with Crippen LogP contribution in [0.1, 0.15) is 0 Å². The highest BCUT2D eigenvalue weighted by Crippen LogP contribution is 2.14. The van der Waals surface area contributed by atoms with Gasteiger partial charge in [-0.3, -0.25) is 4.98 Å². The summed E-state index contributed by atoms with van der Waals surface area (Å²) in [5.74, 6) is 0.332. The molecule has 0 aromatic carbocycles. The minimum atomic E-state index is -3.46. The van der Waals surface area contributed by atoms with E-state index in [1.165, 1.54) is 12.4 Å². The molecule has 0 fully saturated rings. The number of halogens is 1. The molecule has 6 nitrogen and oxygen atoms in total. The monoisotopic (exact) mass is 280 g/mol. The maximum absolute atomic E-state index is 10.6. The summed E-state index contributed by atoms with van der Waals surface area (Å²) < 4.78 is 31.4. The lowest BCUT2D eigenvalue weighted by Gasteiger charge is -2.06. The van der Waals surface area contributed by atoms with Crippen LogP contribution in [0, 0.1) is 0 Å². The van der Waals surface area contributed by atoms with Crippen LogP contribution in [0.15, 0.2) is 18.5 Å². The van der Waals surface area contributed by atoms with E-state index < -0.39 is 10.0 Å². The number of ether oxygens (including phenoxy) is 2. The fraction of sp³-hybridized carbons (Fsp3) is 0.444. The van der Waals surface area contributed by atoms with Gasteiger partial charge in [0, 0.05) is 12.3 Å². The van der Waals surface area contributed by atoms with Gasteiger partial charge < -0.3 is 9.47 Å². The summed E-state index contributed by atoms with van der Waals surface area (Å²) in [6.07, 6.45) is 3.02. The first kappa shape index (κ1) is 14.2. The van der Waals surface area contributed by atoms with Gasteiger partial charge in [-0.15, -0.1) is 0 Å². The van der Waals surface area contributed by atoms with Gasteiger partial charge in [0.25, 0.3) is 0 Å². The van der Waals surface area contributed by atoms with E-state index in [0.717, 1.165) is 0 Å². The number of hydrogen-bond acceptors (Lipinski definition) is 5. The lowest BCUT2D eigenvalue weighted by atomic mass is 10.5. The number of nitrogens with two attached hydrogens (primary N) is 1. The van der Waals surface area contributed by atoms with Crippen molar-refractivity contribution in [1.82, 2.24) is 4.98 Å². The largest absolute Gasteiger partial charge is 0.490 e. The number of hydrogen-bond donors (Lipinski definition) is 1. The van der Waals surface area contributed by atoms with Crippen molar-refractivity contribution in [3.63, 3.8) is 0 Å². The molecule has 0 spiro atoms. The van der Waals surface area contributed by atoms with E-state index >= 15 is 0 Å². The summed E-state index contributed by atoms with van der Waals surface area (Å²) in [5, 5.41) is 5.28. The molecule has 0 radical (unpaired) electrons. The SMILES string of the molecule is NS(=O)(=O)CCOCCOc1cncc(Cl)c1. The molecule has 0 aliphatic carbocycles. The van der Waals surface area contributed by atoms with Gasteiger partial charge in [0.05, 0.1) is 30.2 Å². The molecule has 8 heteroatoms.